The van der Waals surface area contributed by atoms with Crippen LogP contribution in [0.1, 0.15) is 59.6 Å². The molecule has 4 nitrogen and oxygen atoms in total. The summed E-state index contributed by atoms with van der Waals surface area (Å²) in [5, 5.41) is 6.96. The zero-order valence-electron chi connectivity index (χ0n) is 13.3. The molecule has 0 bridgehead atoms. The number of amides is 1. The van der Waals surface area contributed by atoms with Crippen molar-refractivity contribution in [1.29, 1.82) is 0 Å². The fourth-order valence-electron chi connectivity index (χ4n) is 2.44. The highest BCUT2D eigenvalue weighted by molar-refractivity contribution is 6.06. The lowest BCUT2D eigenvalue weighted by Gasteiger charge is -2.13. The predicted octanol–water partition coefficient (Wildman–Crippen LogP) is 4.23. The van der Waals surface area contributed by atoms with E-state index in [4.69, 9.17) is 4.52 Å². The van der Waals surface area contributed by atoms with Crippen molar-refractivity contribution in [1.82, 2.24) is 5.16 Å². The van der Waals surface area contributed by atoms with Gasteiger partial charge in [0, 0.05) is 11.6 Å². The van der Waals surface area contributed by atoms with E-state index in [1.807, 2.05) is 39.0 Å². The maximum Gasteiger partial charge on any atom is 0.261 e. The average molecular weight is 286 g/mol. The van der Waals surface area contributed by atoms with Gasteiger partial charge in [-0.1, -0.05) is 44.1 Å². The Balaban J connectivity index is 2.38. The predicted molar refractivity (Wildman–Crippen MR) is 83.8 cm³/mol. The van der Waals surface area contributed by atoms with E-state index in [2.05, 4.69) is 17.4 Å². The average Bonchev–Trinajstić information content (AvgIpc) is 2.83. The fourth-order valence-corrected chi connectivity index (χ4v) is 2.44. The minimum atomic E-state index is -0.151. The molecule has 21 heavy (non-hydrogen) atoms. The van der Waals surface area contributed by atoms with Crippen LogP contribution >= 0.6 is 0 Å². The number of aryl methyl sites for hydroxylation is 3. The molecule has 1 aromatic heterocycles. The first-order valence-corrected chi connectivity index (χ1v) is 7.31. The van der Waals surface area contributed by atoms with E-state index in [9.17, 15) is 4.79 Å². The minimum absolute atomic E-state index is 0.120. The van der Waals surface area contributed by atoms with Crippen LogP contribution in [0, 0.1) is 13.8 Å². The number of benzene rings is 1. The summed E-state index contributed by atoms with van der Waals surface area (Å²) in [6.07, 6.45) is 0.872. The normalized spacial score (nSPS) is 11.0. The van der Waals surface area contributed by atoms with Crippen molar-refractivity contribution in [3.8, 4) is 0 Å². The topological polar surface area (TPSA) is 55.1 Å². The highest BCUT2D eigenvalue weighted by Gasteiger charge is 2.23. The number of para-hydroxylation sites is 1. The summed E-state index contributed by atoms with van der Waals surface area (Å²) in [4.78, 5) is 12.6. The van der Waals surface area contributed by atoms with Crippen LogP contribution in [-0.2, 0) is 6.42 Å². The molecule has 2 aromatic rings. The van der Waals surface area contributed by atoms with Gasteiger partial charge in [0.25, 0.3) is 5.91 Å². The van der Waals surface area contributed by atoms with Crippen LogP contribution < -0.4 is 5.32 Å². The van der Waals surface area contributed by atoms with E-state index in [1.165, 1.54) is 0 Å². The summed E-state index contributed by atoms with van der Waals surface area (Å²) in [5.41, 5.74) is 4.25. The third-order valence-electron chi connectivity index (χ3n) is 3.62. The summed E-state index contributed by atoms with van der Waals surface area (Å²) in [6, 6.07) is 6.04. The molecular formula is C17H22N2O2. The number of aromatic nitrogens is 1. The molecule has 0 atom stereocenters. The summed E-state index contributed by atoms with van der Waals surface area (Å²) in [5.74, 6) is 0.604. The summed E-state index contributed by atoms with van der Waals surface area (Å²) < 4.78 is 5.29. The number of hydrogen-bond donors (Lipinski definition) is 1. The van der Waals surface area contributed by atoms with Crippen molar-refractivity contribution >= 4 is 11.6 Å². The van der Waals surface area contributed by atoms with Crippen LogP contribution in [0.2, 0.25) is 0 Å². The number of nitrogens with one attached hydrogen (secondary N) is 1. The summed E-state index contributed by atoms with van der Waals surface area (Å²) in [6.45, 7) is 9.85. The van der Waals surface area contributed by atoms with E-state index < -0.39 is 0 Å². The van der Waals surface area contributed by atoms with Crippen molar-refractivity contribution in [2.45, 2.75) is 47.0 Å². The van der Waals surface area contributed by atoms with Crippen LogP contribution in [-0.4, -0.2) is 11.1 Å². The molecule has 0 spiro atoms. The Kier molecular flexibility index (Phi) is 4.46. The molecule has 0 radical (unpaired) electrons. The standard InChI is InChI=1S/C17H22N2O2/c1-6-13-9-7-8-11(4)15(13)18-17(20)14-12(5)19-21-16(14)10(2)3/h7-10H,6H2,1-5H3,(H,18,20). The lowest BCUT2D eigenvalue weighted by Crippen LogP contribution is -2.16. The molecule has 1 aromatic carbocycles. The van der Waals surface area contributed by atoms with E-state index in [0.29, 0.717) is 17.0 Å². The Bertz CT molecular complexity index is 657. The highest BCUT2D eigenvalue weighted by Crippen LogP contribution is 2.26. The second-order valence-electron chi connectivity index (χ2n) is 5.58. The third-order valence-corrected chi connectivity index (χ3v) is 3.62. The van der Waals surface area contributed by atoms with Gasteiger partial charge >= 0.3 is 0 Å². The van der Waals surface area contributed by atoms with Crippen molar-refractivity contribution in [3.63, 3.8) is 0 Å². The highest BCUT2D eigenvalue weighted by atomic mass is 16.5. The number of nitrogens with zero attached hydrogens (tertiary/aromatic N) is 1. The summed E-state index contributed by atoms with van der Waals surface area (Å²) in [7, 11) is 0. The number of carbonyl (C=O) groups is 1. The Morgan fingerprint density at radius 1 is 1.33 bits per heavy atom. The van der Waals surface area contributed by atoms with Gasteiger partial charge in [0.05, 0.1) is 5.69 Å². The number of carbonyl (C=O) groups excluding carboxylic acids is 1. The zero-order valence-corrected chi connectivity index (χ0v) is 13.3. The maximum absolute atomic E-state index is 12.6. The molecule has 4 heteroatoms. The Labute approximate surface area is 125 Å². The molecule has 0 aliphatic carbocycles. The molecule has 0 saturated carbocycles. The van der Waals surface area contributed by atoms with Crippen LogP contribution in [0.3, 0.4) is 0 Å². The van der Waals surface area contributed by atoms with E-state index in [0.717, 1.165) is 23.2 Å². The molecule has 1 N–H and O–H groups in total. The first-order chi connectivity index (χ1) is 9.95. The third kappa shape index (κ3) is 2.99. The number of hydrogen-bond acceptors (Lipinski definition) is 3. The number of rotatable bonds is 4. The van der Waals surface area contributed by atoms with Crippen LogP contribution in [0.4, 0.5) is 5.69 Å². The van der Waals surface area contributed by atoms with Gasteiger partial charge < -0.3 is 9.84 Å². The Morgan fingerprint density at radius 3 is 2.67 bits per heavy atom. The monoisotopic (exact) mass is 286 g/mol. The van der Waals surface area contributed by atoms with Gasteiger partial charge in [-0.05, 0) is 31.4 Å². The molecule has 0 aliphatic rings. The van der Waals surface area contributed by atoms with Crippen LogP contribution in [0.15, 0.2) is 22.7 Å². The lowest BCUT2D eigenvalue weighted by atomic mass is 10.0. The molecule has 0 aliphatic heterocycles. The molecule has 1 heterocycles. The second kappa shape index (κ2) is 6.12. The van der Waals surface area contributed by atoms with Crippen molar-refractivity contribution in [3.05, 3.63) is 46.3 Å². The minimum Gasteiger partial charge on any atom is -0.360 e. The molecule has 112 valence electrons. The van der Waals surface area contributed by atoms with Crippen molar-refractivity contribution in [2.24, 2.45) is 0 Å². The van der Waals surface area contributed by atoms with E-state index >= 15 is 0 Å². The Morgan fingerprint density at radius 2 is 2.05 bits per heavy atom. The van der Waals surface area contributed by atoms with Gasteiger partial charge in [-0.3, -0.25) is 4.79 Å². The van der Waals surface area contributed by atoms with Gasteiger partial charge in [-0.15, -0.1) is 0 Å². The molecule has 0 saturated heterocycles. The smallest absolute Gasteiger partial charge is 0.261 e. The molecule has 0 fully saturated rings. The SMILES string of the molecule is CCc1cccc(C)c1NC(=O)c1c(C)noc1C(C)C. The van der Waals surface area contributed by atoms with Gasteiger partial charge in [-0.25, -0.2) is 0 Å². The second-order valence-corrected chi connectivity index (χ2v) is 5.58. The fraction of sp³-hybridized carbons (Fsp3) is 0.412. The largest absolute Gasteiger partial charge is 0.360 e. The van der Waals surface area contributed by atoms with Gasteiger partial charge in [0.1, 0.15) is 5.56 Å². The molecule has 0 unspecified atom stereocenters. The Hall–Kier alpha value is -2.10. The van der Waals surface area contributed by atoms with E-state index in [1.54, 1.807) is 6.92 Å². The quantitative estimate of drug-likeness (QED) is 0.915. The maximum atomic E-state index is 12.6. The van der Waals surface area contributed by atoms with Crippen LogP contribution in [0.5, 0.6) is 0 Å². The molecule has 1 amide bonds. The zero-order chi connectivity index (χ0) is 15.6. The lowest BCUT2D eigenvalue weighted by molar-refractivity contribution is 0.102. The van der Waals surface area contributed by atoms with Crippen LogP contribution in [0.25, 0.3) is 0 Å². The van der Waals surface area contributed by atoms with E-state index in [-0.39, 0.29) is 11.8 Å². The number of anilines is 1. The summed E-state index contributed by atoms with van der Waals surface area (Å²) >= 11 is 0. The first-order valence-electron chi connectivity index (χ1n) is 7.31. The van der Waals surface area contributed by atoms with Crippen molar-refractivity contribution in [2.75, 3.05) is 5.32 Å². The van der Waals surface area contributed by atoms with Gasteiger partial charge in [-0.2, -0.15) is 0 Å². The van der Waals surface area contributed by atoms with Gasteiger partial charge in [0.2, 0.25) is 0 Å². The van der Waals surface area contributed by atoms with Gasteiger partial charge in [0.15, 0.2) is 5.76 Å². The van der Waals surface area contributed by atoms with Crippen molar-refractivity contribution < 1.29 is 9.32 Å². The molecular weight excluding hydrogens is 264 g/mol. The molecule has 2 rings (SSSR count). The first kappa shape index (κ1) is 15.3.